The highest BCUT2D eigenvalue weighted by Crippen LogP contribution is 2.33. The lowest BCUT2D eigenvalue weighted by Gasteiger charge is -2.27. The molecule has 0 bridgehead atoms. The van der Waals surface area contributed by atoms with Gasteiger partial charge in [-0.25, -0.2) is 4.79 Å². The number of rotatable bonds is 1. The van der Waals surface area contributed by atoms with Crippen molar-refractivity contribution < 1.29 is 19.4 Å². The van der Waals surface area contributed by atoms with Crippen LogP contribution in [0.3, 0.4) is 0 Å². The van der Waals surface area contributed by atoms with Crippen LogP contribution >= 0.6 is 0 Å². The number of esters is 1. The van der Waals surface area contributed by atoms with E-state index in [1.807, 2.05) is 20.8 Å². The zero-order chi connectivity index (χ0) is 13.4. The predicted molar refractivity (Wildman–Crippen MR) is 61.0 cm³/mol. The molecule has 1 aliphatic rings. The molecule has 0 aliphatic carbocycles. The highest BCUT2D eigenvalue weighted by molar-refractivity contribution is 5.99. The second-order valence-corrected chi connectivity index (χ2v) is 5.11. The summed E-state index contributed by atoms with van der Waals surface area (Å²) in [6.07, 6.45) is -0.0250. The fourth-order valence-electron chi connectivity index (χ4n) is 1.62. The van der Waals surface area contributed by atoms with Crippen molar-refractivity contribution in [3.63, 3.8) is 0 Å². The summed E-state index contributed by atoms with van der Waals surface area (Å²) in [5.74, 6) is -1.38. The van der Waals surface area contributed by atoms with Crippen LogP contribution in [0.15, 0.2) is 5.10 Å². The van der Waals surface area contributed by atoms with Gasteiger partial charge in [0.15, 0.2) is 0 Å². The smallest absolute Gasteiger partial charge is 0.361 e. The van der Waals surface area contributed by atoms with E-state index in [0.717, 1.165) is 12.1 Å². The number of amides is 1. The molecule has 0 aromatic heterocycles. The maximum atomic E-state index is 11.6. The Hall–Kier alpha value is -1.43. The van der Waals surface area contributed by atoms with E-state index in [4.69, 9.17) is 0 Å². The van der Waals surface area contributed by atoms with Gasteiger partial charge < -0.3 is 9.84 Å². The Labute approximate surface area is 100 Å². The number of carbonyl (C=O) groups excluding carboxylic acids is 2. The Morgan fingerprint density at radius 1 is 1.47 bits per heavy atom. The summed E-state index contributed by atoms with van der Waals surface area (Å²) in [7, 11) is 1.16. The molecule has 1 aliphatic heterocycles. The van der Waals surface area contributed by atoms with Gasteiger partial charge in [0.2, 0.25) is 5.91 Å². The van der Waals surface area contributed by atoms with Crippen LogP contribution in [0.5, 0.6) is 0 Å². The molecule has 6 heteroatoms. The highest BCUT2D eigenvalue weighted by atomic mass is 16.5. The van der Waals surface area contributed by atoms with E-state index in [1.165, 1.54) is 6.92 Å². The summed E-state index contributed by atoms with van der Waals surface area (Å²) < 4.78 is 4.52. The summed E-state index contributed by atoms with van der Waals surface area (Å²) in [6, 6.07) is 0. The summed E-state index contributed by atoms with van der Waals surface area (Å²) in [6.45, 7) is 6.93. The fraction of sp³-hybridized carbons (Fsp3) is 0.727. The normalized spacial score (nSPS) is 24.6. The SMILES string of the molecule is COC(=O)[C@@]1(O)CC(C(C)(C)C)=NN1C(C)=O. The number of hydrogen-bond acceptors (Lipinski definition) is 5. The van der Waals surface area contributed by atoms with Gasteiger partial charge in [0, 0.05) is 24.5 Å². The van der Waals surface area contributed by atoms with Crippen molar-refractivity contribution in [1.29, 1.82) is 0 Å². The number of methoxy groups -OCH3 is 1. The Morgan fingerprint density at radius 3 is 2.35 bits per heavy atom. The number of nitrogens with zero attached hydrogens (tertiary/aromatic N) is 2. The van der Waals surface area contributed by atoms with E-state index in [0.29, 0.717) is 5.71 Å². The molecule has 1 rings (SSSR count). The third-order valence-electron chi connectivity index (χ3n) is 2.66. The summed E-state index contributed by atoms with van der Waals surface area (Å²) >= 11 is 0. The topological polar surface area (TPSA) is 79.2 Å². The third-order valence-corrected chi connectivity index (χ3v) is 2.66. The van der Waals surface area contributed by atoms with Crippen molar-refractivity contribution in [3.8, 4) is 0 Å². The van der Waals surface area contributed by atoms with E-state index in [1.54, 1.807) is 0 Å². The van der Waals surface area contributed by atoms with Crippen molar-refractivity contribution in [1.82, 2.24) is 5.01 Å². The van der Waals surface area contributed by atoms with E-state index in [2.05, 4.69) is 9.84 Å². The van der Waals surface area contributed by atoms with Crippen LogP contribution in [0.1, 0.15) is 34.1 Å². The first-order valence-electron chi connectivity index (χ1n) is 5.32. The van der Waals surface area contributed by atoms with Gasteiger partial charge in [0.1, 0.15) is 0 Å². The summed E-state index contributed by atoms with van der Waals surface area (Å²) in [5.41, 5.74) is -1.75. The second-order valence-electron chi connectivity index (χ2n) is 5.11. The van der Waals surface area contributed by atoms with Crippen LogP contribution < -0.4 is 0 Å². The molecular formula is C11H18N2O4. The predicted octanol–water partition coefficient (Wildman–Crippen LogP) is 0.502. The van der Waals surface area contributed by atoms with Crippen LogP contribution in [-0.4, -0.2) is 40.5 Å². The zero-order valence-corrected chi connectivity index (χ0v) is 10.8. The minimum atomic E-state index is -2.01. The molecule has 1 N–H and O–H groups in total. The molecule has 0 unspecified atom stereocenters. The highest BCUT2D eigenvalue weighted by Gasteiger charge is 2.52. The number of carbonyl (C=O) groups is 2. The van der Waals surface area contributed by atoms with E-state index >= 15 is 0 Å². The summed E-state index contributed by atoms with van der Waals surface area (Å²) in [4.78, 5) is 23.0. The molecular weight excluding hydrogens is 224 g/mol. The maximum Gasteiger partial charge on any atom is 0.361 e. The average molecular weight is 242 g/mol. The van der Waals surface area contributed by atoms with Gasteiger partial charge in [-0.1, -0.05) is 20.8 Å². The molecule has 0 saturated heterocycles. The largest absolute Gasteiger partial charge is 0.465 e. The number of ether oxygens (including phenoxy) is 1. The Morgan fingerprint density at radius 2 is 2.00 bits per heavy atom. The molecule has 1 amide bonds. The van der Waals surface area contributed by atoms with Crippen molar-refractivity contribution in [2.45, 2.75) is 39.8 Å². The van der Waals surface area contributed by atoms with Crippen LogP contribution in [-0.2, 0) is 14.3 Å². The number of hydrazone groups is 1. The van der Waals surface area contributed by atoms with Crippen molar-refractivity contribution in [2.24, 2.45) is 10.5 Å². The summed E-state index contributed by atoms with van der Waals surface area (Å²) in [5, 5.41) is 15.1. The first-order chi connectivity index (χ1) is 7.63. The van der Waals surface area contributed by atoms with E-state index < -0.39 is 17.6 Å². The lowest BCUT2D eigenvalue weighted by molar-refractivity contribution is -0.186. The molecule has 1 atom stereocenters. The van der Waals surface area contributed by atoms with Crippen LogP contribution in [0.2, 0.25) is 0 Å². The van der Waals surface area contributed by atoms with Gasteiger partial charge >= 0.3 is 5.97 Å². The number of hydrogen-bond donors (Lipinski definition) is 1. The van der Waals surface area contributed by atoms with E-state index in [9.17, 15) is 14.7 Å². The van der Waals surface area contributed by atoms with Crippen LogP contribution in [0.25, 0.3) is 0 Å². The maximum absolute atomic E-state index is 11.6. The molecule has 0 fully saturated rings. The van der Waals surface area contributed by atoms with Gasteiger partial charge in [0.05, 0.1) is 7.11 Å². The standard InChI is InChI=1S/C11H18N2O4/c1-7(14)13-11(16,9(15)17-5)6-8(12-13)10(2,3)4/h16H,6H2,1-5H3/t11-/m0/s1. The molecule has 6 nitrogen and oxygen atoms in total. The minimum absolute atomic E-state index is 0.0250. The molecule has 0 saturated carbocycles. The molecule has 17 heavy (non-hydrogen) atoms. The lowest BCUT2D eigenvalue weighted by atomic mass is 9.86. The zero-order valence-electron chi connectivity index (χ0n) is 10.8. The second kappa shape index (κ2) is 4.10. The average Bonchev–Trinajstić information content (AvgIpc) is 2.56. The Kier molecular flexibility index (Phi) is 3.29. The molecule has 96 valence electrons. The van der Waals surface area contributed by atoms with Gasteiger partial charge in [-0.2, -0.15) is 10.1 Å². The minimum Gasteiger partial charge on any atom is -0.465 e. The molecule has 0 spiro atoms. The van der Waals surface area contributed by atoms with Crippen molar-refractivity contribution in [3.05, 3.63) is 0 Å². The quantitative estimate of drug-likeness (QED) is 0.679. The van der Waals surface area contributed by atoms with Crippen molar-refractivity contribution >= 4 is 17.6 Å². The monoisotopic (exact) mass is 242 g/mol. The van der Waals surface area contributed by atoms with Gasteiger partial charge in [-0.3, -0.25) is 4.79 Å². The van der Waals surface area contributed by atoms with Crippen molar-refractivity contribution in [2.75, 3.05) is 7.11 Å². The fourth-order valence-corrected chi connectivity index (χ4v) is 1.62. The Bertz CT molecular complexity index is 383. The van der Waals surface area contributed by atoms with Gasteiger partial charge in [-0.05, 0) is 0 Å². The number of aliphatic hydroxyl groups is 1. The van der Waals surface area contributed by atoms with Crippen LogP contribution in [0.4, 0.5) is 0 Å². The first-order valence-corrected chi connectivity index (χ1v) is 5.32. The van der Waals surface area contributed by atoms with Crippen LogP contribution in [0, 0.1) is 5.41 Å². The molecule has 0 aromatic carbocycles. The Balaban J connectivity index is 3.14. The first kappa shape index (κ1) is 13.6. The molecule has 0 radical (unpaired) electrons. The van der Waals surface area contributed by atoms with Gasteiger partial charge in [-0.15, -0.1) is 0 Å². The third kappa shape index (κ3) is 2.31. The molecule has 0 aromatic rings. The lowest BCUT2D eigenvalue weighted by Crippen LogP contribution is -2.52. The molecule has 1 heterocycles. The van der Waals surface area contributed by atoms with E-state index in [-0.39, 0.29) is 11.8 Å². The van der Waals surface area contributed by atoms with Gasteiger partial charge in [0.25, 0.3) is 5.72 Å².